The van der Waals surface area contributed by atoms with Gasteiger partial charge in [0.1, 0.15) is 5.75 Å². The molecule has 1 atom stereocenters. The third-order valence-electron chi connectivity index (χ3n) is 5.69. The summed E-state index contributed by atoms with van der Waals surface area (Å²) in [4.78, 5) is 11.5. The largest absolute Gasteiger partial charge is 0.479 e. The first kappa shape index (κ1) is 25.5. The second-order valence-electron chi connectivity index (χ2n) is 8.60. The third kappa shape index (κ3) is 12.6. The molecule has 0 aliphatic heterocycles. The summed E-state index contributed by atoms with van der Waals surface area (Å²) >= 11 is 0. The van der Waals surface area contributed by atoms with E-state index in [0.29, 0.717) is 12.2 Å². The molecule has 3 nitrogen and oxygen atoms in total. The molecule has 0 saturated carbocycles. The van der Waals surface area contributed by atoms with Gasteiger partial charge in [0, 0.05) is 0 Å². The predicted octanol–water partition coefficient (Wildman–Crippen LogP) is 8.01. The minimum Gasteiger partial charge on any atom is -0.479 e. The van der Waals surface area contributed by atoms with Crippen LogP contribution in [0.2, 0.25) is 0 Å². The molecule has 0 fully saturated rings. The quantitative estimate of drug-likeness (QED) is 0.252. The molecule has 0 spiro atoms. The zero-order valence-corrected chi connectivity index (χ0v) is 19.2. The second kappa shape index (κ2) is 16.3. The van der Waals surface area contributed by atoms with Crippen molar-refractivity contribution in [2.45, 2.75) is 123 Å². The Morgan fingerprint density at radius 2 is 1.31 bits per heavy atom. The first-order chi connectivity index (χ1) is 14.0. The minimum atomic E-state index is -0.861. The van der Waals surface area contributed by atoms with E-state index in [-0.39, 0.29) is 0 Å². The number of carboxylic acids is 1. The molecule has 0 bridgehead atoms. The van der Waals surface area contributed by atoms with Crippen molar-refractivity contribution in [1.82, 2.24) is 0 Å². The van der Waals surface area contributed by atoms with Crippen LogP contribution < -0.4 is 4.74 Å². The molecule has 0 aliphatic carbocycles. The number of benzene rings is 1. The van der Waals surface area contributed by atoms with Crippen LogP contribution in [0.3, 0.4) is 0 Å². The average molecular weight is 405 g/mol. The van der Waals surface area contributed by atoms with E-state index in [1.54, 1.807) is 0 Å². The van der Waals surface area contributed by atoms with Gasteiger partial charge in [0.25, 0.3) is 0 Å². The number of aryl methyl sites for hydroxylation is 2. The maximum absolute atomic E-state index is 11.5. The number of hydrogen-bond donors (Lipinski definition) is 1. The van der Waals surface area contributed by atoms with E-state index in [4.69, 9.17) is 4.74 Å². The normalized spacial score (nSPS) is 12.1. The maximum atomic E-state index is 11.5. The van der Waals surface area contributed by atoms with Crippen molar-refractivity contribution >= 4 is 5.97 Å². The van der Waals surface area contributed by atoms with Crippen LogP contribution in [0.15, 0.2) is 18.2 Å². The van der Waals surface area contributed by atoms with Crippen molar-refractivity contribution in [3.8, 4) is 5.75 Å². The molecule has 3 heteroatoms. The van der Waals surface area contributed by atoms with Crippen molar-refractivity contribution in [2.75, 3.05) is 0 Å². The van der Waals surface area contributed by atoms with Crippen LogP contribution in [-0.4, -0.2) is 17.2 Å². The van der Waals surface area contributed by atoms with E-state index in [9.17, 15) is 9.90 Å². The van der Waals surface area contributed by atoms with E-state index in [1.165, 1.54) is 77.0 Å². The fraction of sp³-hybridized carbons (Fsp3) is 0.731. The highest BCUT2D eigenvalue weighted by molar-refractivity contribution is 5.72. The Kier molecular flexibility index (Phi) is 14.4. The standard InChI is InChI=1S/C26H44O3/c1-4-5-6-7-8-9-10-11-12-13-14-15-16-17-18-25(26(27)28)29-24-20-19-22(2)21-23(24)3/h19-21,25H,4-18H2,1-3H3,(H,27,28). The Bertz CT molecular complexity index is 553. The van der Waals surface area contributed by atoms with Crippen molar-refractivity contribution in [3.05, 3.63) is 29.3 Å². The van der Waals surface area contributed by atoms with Crippen LogP contribution in [0.25, 0.3) is 0 Å². The zero-order chi connectivity index (χ0) is 21.3. The zero-order valence-electron chi connectivity index (χ0n) is 19.2. The predicted molar refractivity (Wildman–Crippen MR) is 123 cm³/mol. The molecule has 1 unspecified atom stereocenters. The van der Waals surface area contributed by atoms with Gasteiger partial charge in [-0.15, -0.1) is 0 Å². The Balaban J connectivity index is 2.04. The van der Waals surface area contributed by atoms with Gasteiger partial charge >= 0.3 is 5.97 Å². The van der Waals surface area contributed by atoms with Gasteiger partial charge in [0.05, 0.1) is 0 Å². The number of rotatable bonds is 18. The minimum absolute atomic E-state index is 0.584. The van der Waals surface area contributed by atoms with E-state index in [0.717, 1.165) is 24.0 Å². The van der Waals surface area contributed by atoms with Gasteiger partial charge in [0.2, 0.25) is 0 Å². The molecular weight excluding hydrogens is 360 g/mol. The van der Waals surface area contributed by atoms with Gasteiger partial charge in [-0.25, -0.2) is 4.79 Å². The van der Waals surface area contributed by atoms with E-state index < -0.39 is 12.1 Å². The number of ether oxygens (including phenoxy) is 1. The second-order valence-corrected chi connectivity index (χ2v) is 8.60. The van der Waals surface area contributed by atoms with Crippen molar-refractivity contribution in [1.29, 1.82) is 0 Å². The summed E-state index contributed by atoms with van der Waals surface area (Å²) in [5.74, 6) is -0.173. The van der Waals surface area contributed by atoms with Gasteiger partial charge < -0.3 is 9.84 Å². The summed E-state index contributed by atoms with van der Waals surface area (Å²) in [7, 11) is 0. The monoisotopic (exact) mass is 404 g/mol. The van der Waals surface area contributed by atoms with Crippen molar-refractivity contribution < 1.29 is 14.6 Å². The van der Waals surface area contributed by atoms with Crippen molar-refractivity contribution in [2.24, 2.45) is 0 Å². The van der Waals surface area contributed by atoms with Gasteiger partial charge in [-0.3, -0.25) is 0 Å². The highest BCUT2D eigenvalue weighted by Gasteiger charge is 2.19. The fourth-order valence-electron chi connectivity index (χ4n) is 3.84. The highest BCUT2D eigenvalue weighted by atomic mass is 16.5. The summed E-state index contributed by atoms with van der Waals surface area (Å²) in [6.45, 7) is 6.26. The first-order valence-electron chi connectivity index (χ1n) is 12.0. The molecule has 0 aliphatic rings. The van der Waals surface area contributed by atoms with Crippen molar-refractivity contribution in [3.63, 3.8) is 0 Å². The Labute approximate surface area is 179 Å². The summed E-state index contributed by atoms with van der Waals surface area (Å²) in [6, 6.07) is 5.88. The number of aliphatic carboxylic acids is 1. The number of carbonyl (C=O) groups is 1. The Morgan fingerprint density at radius 1 is 0.828 bits per heavy atom. The molecule has 0 amide bonds. The number of hydrogen-bond acceptors (Lipinski definition) is 2. The fourth-order valence-corrected chi connectivity index (χ4v) is 3.84. The van der Waals surface area contributed by atoms with E-state index in [2.05, 4.69) is 6.92 Å². The van der Waals surface area contributed by atoms with Crippen LogP contribution in [0.5, 0.6) is 5.75 Å². The lowest BCUT2D eigenvalue weighted by atomic mass is 10.0. The smallest absolute Gasteiger partial charge is 0.344 e. The lowest BCUT2D eigenvalue weighted by Crippen LogP contribution is -2.27. The summed E-state index contributed by atoms with van der Waals surface area (Å²) in [6.07, 6.45) is 18.1. The maximum Gasteiger partial charge on any atom is 0.344 e. The average Bonchev–Trinajstić information content (AvgIpc) is 2.68. The molecule has 0 saturated heterocycles. The molecule has 0 heterocycles. The van der Waals surface area contributed by atoms with E-state index >= 15 is 0 Å². The molecule has 0 aromatic heterocycles. The van der Waals surface area contributed by atoms with Crippen LogP contribution in [0.1, 0.15) is 114 Å². The Morgan fingerprint density at radius 3 is 1.76 bits per heavy atom. The van der Waals surface area contributed by atoms with Crippen LogP contribution in [0, 0.1) is 13.8 Å². The van der Waals surface area contributed by atoms with Crippen LogP contribution >= 0.6 is 0 Å². The SMILES string of the molecule is CCCCCCCCCCCCCCCCC(Oc1ccc(C)cc1C)C(=O)O. The summed E-state index contributed by atoms with van der Waals surface area (Å²) < 4.78 is 5.78. The number of unbranched alkanes of at least 4 members (excludes halogenated alkanes) is 13. The van der Waals surface area contributed by atoms with Gasteiger partial charge in [-0.1, -0.05) is 108 Å². The van der Waals surface area contributed by atoms with Crippen LogP contribution in [-0.2, 0) is 4.79 Å². The topological polar surface area (TPSA) is 46.5 Å². The lowest BCUT2D eigenvalue weighted by molar-refractivity contribution is -0.145. The van der Waals surface area contributed by atoms with Gasteiger partial charge in [-0.05, 0) is 38.3 Å². The molecule has 1 N–H and O–H groups in total. The van der Waals surface area contributed by atoms with Crippen LogP contribution in [0.4, 0.5) is 0 Å². The Hall–Kier alpha value is -1.51. The molecule has 0 radical (unpaired) electrons. The molecule has 1 rings (SSSR count). The van der Waals surface area contributed by atoms with E-state index in [1.807, 2.05) is 32.0 Å². The molecular formula is C26H44O3. The molecule has 166 valence electrons. The third-order valence-corrected chi connectivity index (χ3v) is 5.69. The summed E-state index contributed by atoms with van der Waals surface area (Å²) in [5.41, 5.74) is 2.16. The number of carboxylic acid groups (broad SMARTS) is 1. The van der Waals surface area contributed by atoms with Gasteiger partial charge in [-0.2, -0.15) is 0 Å². The molecule has 1 aromatic rings. The molecule has 1 aromatic carbocycles. The summed E-state index contributed by atoms with van der Waals surface area (Å²) in [5, 5.41) is 9.46. The molecule has 29 heavy (non-hydrogen) atoms. The first-order valence-corrected chi connectivity index (χ1v) is 12.0. The van der Waals surface area contributed by atoms with Gasteiger partial charge in [0.15, 0.2) is 6.10 Å². The lowest BCUT2D eigenvalue weighted by Gasteiger charge is -2.17. The highest BCUT2D eigenvalue weighted by Crippen LogP contribution is 2.22.